The number of ether oxygens (including phenoxy) is 1. The lowest BCUT2D eigenvalue weighted by Crippen LogP contribution is -2.33. The second kappa shape index (κ2) is 8.94. The molecule has 0 radical (unpaired) electrons. The van der Waals surface area contributed by atoms with Crippen LogP contribution in [-0.4, -0.2) is 42.7 Å². The fourth-order valence-corrected chi connectivity index (χ4v) is 4.07. The van der Waals surface area contributed by atoms with Crippen molar-refractivity contribution in [2.24, 2.45) is 5.92 Å². The highest BCUT2D eigenvalue weighted by Gasteiger charge is 2.19. The minimum Gasteiger partial charge on any atom is -0.491 e. The van der Waals surface area contributed by atoms with Crippen molar-refractivity contribution in [3.63, 3.8) is 0 Å². The van der Waals surface area contributed by atoms with Crippen LogP contribution in [0.1, 0.15) is 17.0 Å². The molecule has 1 aliphatic rings. The molecule has 1 N–H and O–H groups in total. The SMILES string of the molecule is Cc1ncsc1CN(CCOc1ccc(F)cc1Cl)CC1CCNC1. The summed E-state index contributed by atoms with van der Waals surface area (Å²) in [5.74, 6) is 0.843. The molecule has 136 valence electrons. The third-order valence-electron chi connectivity index (χ3n) is 4.45. The van der Waals surface area contributed by atoms with E-state index in [1.807, 2.05) is 5.51 Å². The Hall–Kier alpha value is -1.21. The maximum absolute atomic E-state index is 13.1. The average Bonchev–Trinajstić information content (AvgIpc) is 3.22. The molecule has 7 heteroatoms. The summed E-state index contributed by atoms with van der Waals surface area (Å²) in [6.45, 7) is 7.45. The Morgan fingerprint density at radius 1 is 1.48 bits per heavy atom. The molecule has 0 amide bonds. The van der Waals surface area contributed by atoms with E-state index in [1.54, 1.807) is 17.4 Å². The number of hydrogen-bond donors (Lipinski definition) is 1. The Balaban J connectivity index is 1.57. The minimum absolute atomic E-state index is 0.310. The van der Waals surface area contributed by atoms with E-state index >= 15 is 0 Å². The molecule has 1 aromatic carbocycles. The van der Waals surface area contributed by atoms with Gasteiger partial charge in [0.05, 0.1) is 16.2 Å². The smallest absolute Gasteiger partial charge is 0.138 e. The normalized spacial score (nSPS) is 17.4. The van der Waals surface area contributed by atoms with E-state index in [4.69, 9.17) is 16.3 Å². The number of aryl methyl sites for hydroxylation is 1. The molecule has 0 saturated carbocycles. The lowest BCUT2D eigenvalue weighted by molar-refractivity contribution is 0.183. The number of nitrogens with zero attached hydrogens (tertiary/aromatic N) is 2. The summed E-state index contributed by atoms with van der Waals surface area (Å²) in [5, 5.41) is 3.73. The summed E-state index contributed by atoms with van der Waals surface area (Å²) in [6.07, 6.45) is 1.21. The Kier molecular flexibility index (Phi) is 6.64. The quantitative estimate of drug-likeness (QED) is 0.753. The second-order valence-corrected chi connectivity index (χ2v) is 7.72. The van der Waals surface area contributed by atoms with Gasteiger partial charge in [0.25, 0.3) is 0 Å². The first-order valence-corrected chi connectivity index (χ1v) is 9.77. The lowest BCUT2D eigenvalue weighted by atomic mass is 10.1. The minimum atomic E-state index is -0.353. The number of thiazole rings is 1. The molecule has 2 aromatic rings. The molecule has 0 bridgehead atoms. The molecule has 1 aliphatic heterocycles. The molecule has 3 rings (SSSR count). The summed E-state index contributed by atoms with van der Waals surface area (Å²) in [7, 11) is 0. The van der Waals surface area contributed by atoms with Gasteiger partial charge in [0.1, 0.15) is 18.2 Å². The maximum atomic E-state index is 13.1. The molecule has 1 aromatic heterocycles. The van der Waals surface area contributed by atoms with Crippen molar-refractivity contribution in [3.05, 3.63) is 45.1 Å². The lowest BCUT2D eigenvalue weighted by Gasteiger charge is -2.25. The molecule has 1 fully saturated rings. The van der Waals surface area contributed by atoms with Gasteiger partial charge in [-0.15, -0.1) is 11.3 Å². The molecule has 25 heavy (non-hydrogen) atoms. The molecule has 0 spiro atoms. The van der Waals surface area contributed by atoms with Crippen LogP contribution in [0.25, 0.3) is 0 Å². The van der Waals surface area contributed by atoms with Gasteiger partial charge >= 0.3 is 0 Å². The van der Waals surface area contributed by atoms with Crippen molar-refractivity contribution in [1.82, 2.24) is 15.2 Å². The van der Waals surface area contributed by atoms with Gasteiger partial charge in [0.15, 0.2) is 0 Å². The molecule has 0 aliphatic carbocycles. The van der Waals surface area contributed by atoms with Gasteiger partial charge < -0.3 is 10.1 Å². The molecule has 1 saturated heterocycles. The van der Waals surface area contributed by atoms with Crippen LogP contribution in [0.15, 0.2) is 23.7 Å². The van der Waals surface area contributed by atoms with Crippen molar-refractivity contribution in [2.45, 2.75) is 19.9 Å². The zero-order valence-electron chi connectivity index (χ0n) is 14.3. The number of aromatic nitrogens is 1. The van der Waals surface area contributed by atoms with Crippen molar-refractivity contribution in [1.29, 1.82) is 0 Å². The molecule has 4 nitrogen and oxygen atoms in total. The van der Waals surface area contributed by atoms with Crippen LogP contribution < -0.4 is 10.1 Å². The van der Waals surface area contributed by atoms with Crippen LogP contribution >= 0.6 is 22.9 Å². The molecular weight excluding hydrogens is 361 g/mol. The predicted octanol–water partition coefficient (Wildman–Crippen LogP) is 3.73. The standard InChI is InChI=1S/C18H23ClFN3OS/c1-13-18(25-12-22-13)11-23(10-14-4-5-21-9-14)6-7-24-17-3-2-15(20)8-16(17)19/h2-3,8,12,14,21H,4-7,9-11H2,1H3. The van der Waals surface area contributed by atoms with Crippen LogP contribution in [-0.2, 0) is 6.54 Å². The van der Waals surface area contributed by atoms with Crippen molar-refractivity contribution >= 4 is 22.9 Å². The fourth-order valence-electron chi connectivity index (χ4n) is 3.03. The highest BCUT2D eigenvalue weighted by molar-refractivity contribution is 7.09. The van der Waals surface area contributed by atoms with E-state index in [1.165, 1.54) is 23.4 Å². The summed E-state index contributed by atoms with van der Waals surface area (Å²) in [5.41, 5.74) is 3.00. The highest BCUT2D eigenvalue weighted by atomic mass is 35.5. The van der Waals surface area contributed by atoms with Crippen LogP contribution in [0.5, 0.6) is 5.75 Å². The van der Waals surface area contributed by atoms with Gasteiger partial charge in [-0.1, -0.05) is 11.6 Å². The van der Waals surface area contributed by atoms with Gasteiger partial charge in [-0.25, -0.2) is 9.37 Å². The van der Waals surface area contributed by atoms with E-state index in [0.717, 1.165) is 38.4 Å². The Labute approximate surface area is 157 Å². The van der Waals surface area contributed by atoms with Gasteiger partial charge in [0.2, 0.25) is 0 Å². The van der Waals surface area contributed by atoms with Crippen molar-refractivity contribution in [2.75, 3.05) is 32.8 Å². The fraction of sp³-hybridized carbons (Fsp3) is 0.500. The zero-order valence-corrected chi connectivity index (χ0v) is 15.9. The Bertz CT molecular complexity index is 691. The number of nitrogens with one attached hydrogen (secondary N) is 1. The molecule has 1 atom stereocenters. The highest BCUT2D eigenvalue weighted by Crippen LogP contribution is 2.25. The zero-order chi connectivity index (χ0) is 17.6. The van der Waals surface area contributed by atoms with E-state index < -0.39 is 0 Å². The second-order valence-electron chi connectivity index (χ2n) is 6.38. The average molecular weight is 384 g/mol. The summed E-state index contributed by atoms with van der Waals surface area (Å²) in [4.78, 5) is 8.05. The Morgan fingerprint density at radius 2 is 2.36 bits per heavy atom. The van der Waals surface area contributed by atoms with Crippen molar-refractivity contribution in [3.8, 4) is 5.75 Å². The molecular formula is C18H23ClFN3OS. The first-order valence-electron chi connectivity index (χ1n) is 8.51. The predicted molar refractivity (Wildman–Crippen MR) is 100 cm³/mol. The number of hydrogen-bond acceptors (Lipinski definition) is 5. The first-order chi connectivity index (χ1) is 12.1. The van der Waals surface area contributed by atoms with Crippen LogP contribution in [0, 0.1) is 18.7 Å². The first kappa shape index (κ1) is 18.6. The third kappa shape index (κ3) is 5.38. The number of benzene rings is 1. The van der Waals surface area contributed by atoms with E-state index in [-0.39, 0.29) is 5.82 Å². The van der Waals surface area contributed by atoms with Crippen LogP contribution in [0.4, 0.5) is 4.39 Å². The third-order valence-corrected chi connectivity index (χ3v) is 5.67. The maximum Gasteiger partial charge on any atom is 0.138 e. The van der Waals surface area contributed by atoms with E-state index in [9.17, 15) is 4.39 Å². The summed E-state index contributed by atoms with van der Waals surface area (Å²) >= 11 is 7.72. The monoisotopic (exact) mass is 383 g/mol. The van der Waals surface area contributed by atoms with E-state index in [0.29, 0.717) is 23.3 Å². The van der Waals surface area contributed by atoms with Gasteiger partial charge in [-0.05, 0) is 50.6 Å². The topological polar surface area (TPSA) is 37.4 Å². The summed E-state index contributed by atoms with van der Waals surface area (Å²) < 4.78 is 18.9. The molecule has 1 unspecified atom stereocenters. The Morgan fingerprint density at radius 3 is 3.04 bits per heavy atom. The van der Waals surface area contributed by atoms with Gasteiger partial charge in [-0.2, -0.15) is 0 Å². The number of halogens is 2. The van der Waals surface area contributed by atoms with Gasteiger partial charge in [-0.3, -0.25) is 4.90 Å². The van der Waals surface area contributed by atoms with Crippen LogP contribution in [0.3, 0.4) is 0 Å². The van der Waals surface area contributed by atoms with E-state index in [2.05, 4.69) is 22.1 Å². The van der Waals surface area contributed by atoms with Crippen LogP contribution in [0.2, 0.25) is 5.02 Å². The summed E-state index contributed by atoms with van der Waals surface area (Å²) in [6, 6.07) is 4.22. The largest absolute Gasteiger partial charge is 0.491 e. The van der Waals surface area contributed by atoms with Gasteiger partial charge in [0, 0.05) is 24.5 Å². The molecule has 2 heterocycles. The van der Waals surface area contributed by atoms with Crippen molar-refractivity contribution < 1.29 is 9.13 Å². The number of rotatable bonds is 8.